The molecular weight excluding hydrogens is 232 g/mol. The van der Waals surface area contributed by atoms with Crippen molar-refractivity contribution in [2.75, 3.05) is 7.11 Å². The predicted octanol–water partition coefficient (Wildman–Crippen LogP) is 1.09. The lowest BCUT2D eigenvalue weighted by atomic mass is 10.2. The molecule has 0 spiro atoms. The molecule has 0 aliphatic rings. The van der Waals surface area contributed by atoms with E-state index in [-0.39, 0.29) is 11.2 Å². The van der Waals surface area contributed by atoms with E-state index in [0.717, 1.165) is 11.3 Å². The first-order valence-corrected chi connectivity index (χ1v) is 5.36. The average Bonchev–Trinajstić information content (AvgIpc) is 2.84. The van der Waals surface area contributed by atoms with Crippen LogP contribution in [0, 0.1) is 0 Å². The first-order chi connectivity index (χ1) is 8.79. The Morgan fingerprint density at radius 1 is 1.22 bits per heavy atom. The molecule has 6 heteroatoms. The smallest absolute Gasteiger partial charge is 0.293 e. The maximum atomic E-state index is 11.5. The zero-order valence-corrected chi connectivity index (χ0v) is 9.62. The molecular formula is C12H10N4O2. The monoisotopic (exact) mass is 242 g/mol. The fourth-order valence-corrected chi connectivity index (χ4v) is 1.78. The topological polar surface area (TPSA) is 72.3 Å². The van der Waals surface area contributed by atoms with Crippen LogP contribution in [0.4, 0.5) is 0 Å². The van der Waals surface area contributed by atoms with Crippen molar-refractivity contribution in [1.82, 2.24) is 19.6 Å². The van der Waals surface area contributed by atoms with Crippen LogP contribution in [-0.4, -0.2) is 26.7 Å². The lowest BCUT2D eigenvalue weighted by Crippen LogP contribution is -2.08. The average molecular weight is 242 g/mol. The summed E-state index contributed by atoms with van der Waals surface area (Å²) in [5.74, 6) is 1.39. The summed E-state index contributed by atoms with van der Waals surface area (Å²) < 4.78 is 6.75. The molecule has 18 heavy (non-hydrogen) atoms. The van der Waals surface area contributed by atoms with Crippen molar-refractivity contribution < 1.29 is 4.74 Å². The minimum atomic E-state index is -0.259. The molecule has 6 nitrogen and oxygen atoms in total. The Labute approximate surface area is 102 Å². The van der Waals surface area contributed by atoms with Gasteiger partial charge in [-0.25, -0.2) is 0 Å². The van der Waals surface area contributed by atoms with Crippen molar-refractivity contribution in [2.45, 2.75) is 0 Å². The van der Waals surface area contributed by atoms with Crippen LogP contribution < -0.4 is 10.3 Å². The van der Waals surface area contributed by atoms with Crippen LogP contribution >= 0.6 is 0 Å². The maximum Gasteiger partial charge on any atom is 0.293 e. The highest BCUT2D eigenvalue weighted by Crippen LogP contribution is 2.20. The van der Waals surface area contributed by atoms with E-state index in [1.54, 1.807) is 23.9 Å². The second-order valence-corrected chi connectivity index (χ2v) is 3.73. The summed E-state index contributed by atoms with van der Waals surface area (Å²) in [4.78, 5) is 14.1. The number of aromatic nitrogens is 4. The Hall–Kier alpha value is -2.63. The Morgan fingerprint density at radius 2 is 2.00 bits per heavy atom. The van der Waals surface area contributed by atoms with E-state index in [1.165, 1.54) is 0 Å². The molecule has 1 aromatic carbocycles. The molecule has 0 atom stereocenters. The zero-order valence-electron chi connectivity index (χ0n) is 9.62. The minimum absolute atomic E-state index is 0.259. The highest BCUT2D eigenvalue weighted by molar-refractivity contribution is 5.59. The van der Waals surface area contributed by atoms with Gasteiger partial charge in [0.15, 0.2) is 5.82 Å². The van der Waals surface area contributed by atoms with Crippen molar-refractivity contribution in [3.05, 3.63) is 47.0 Å². The summed E-state index contributed by atoms with van der Waals surface area (Å²) >= 11 is 0. The molecule has 2 aromatic heterocycles. The Kier molecular flexibility index (Phi) is 2.33. The molecule has 0 aliphatic carbocycles. The lowest BCUT2D eigenvalue weighted by molar-refractivity contribution is 0.415. The third-order valence-corrected chi connectivity index (χ3v) is 2.69. The summed E-state index contributed by atoms with van der Waals surface area (Å²) in [5.41, 5.74) is 0.891. The van der Waals surface area contributed by atoms with Crippen LogP contribution in [0.2, 0.25) is 0 Å². The van der Waals surface area contributed by atoms with Crippen LogP contribution in [0.25, 0.3) is 17.0 Å². The number of nitrogens with zero attached hydrogens (tertiary/aromatic N) is 3. The van der Waals surface area contributed by atoms with Gasteiger partial charge in [-0.3, -0.25) is 9.20 Å². The number of nitrogens with one attached hydrogen (secondary N) is 1. The third-order valence-electron chi connectivity index (χ3n) is 2.69. The van der Waals surface area contributed by atoms with Crippen LogP contribution in [0.5, 0.6) is 5.75 Å². The number of aromatic amines is 1. The molecule has 0 saturated heterocycles. The molecule has 0 amide bonds. The van der Waals surface area contributed by atoms with Crippen molar-refractivity contribution in [2.24, 2.45) is 0 Å². The molecule has 90 valence electrons. The normalized spacial score (nSPS) is 10.7. The lowest BCUT2D eigenvalue weighted by Gasteiger charge is -2.01. The number of rotatable bonds is 2. The Bertz CT molecular complexity index is 743. The van der Waals surface area contributed by atoms with E-state index in [1.807, 2.05) is 24.3 Å². The second-order valence-electron chi connectivity index (χ2n) is 3.73. The summed E-state index contributed by atoms with van der Waals surface area (Å²) in [6, 6.07) is 7.42. The second kappa shape index (κ2) is 3.99. The van der Waals surface area contributed by atoms with E-state index < -0.39 is 0 Å². The van der Waals surface area contributed by atoms with E-state index in [4.69, 9.17) is 4.74 Å². The van der Waals surface area contributed by atoms with Gasteiger partial charge in [-0.1, -0.05) is 0 Å². The van der Waals surface area contributed by atoms with Crippen molar-refractivity contribution in [1.29, 1.82) is 0 Å². The Morgan fingerprint density at radius 3 is 2.72 bits per heavy atom. The van der Waals surface area contributed by atoms with E-state index >= 15 is 0 Å². The van der Waals surface area contributed by atoms with Gasteiger partial charge in [-0.2, -0.15) is 0 Å². The van der Waals surface area contributed by atoms with Crippen molar-refractivity contribution >= 4 is 5.65 Å². The Balaban J connectivity index is 2.19. The first-order valence-electron chi connectivity index (χ1n) is 5.36. The summed E-state index contributed by atoms with van der Waals surface area (Å²) in [6.45, 7) is 0. The summed E-state index contributed by atoms with van der Waals surface area (Å²) in [5, 5.41) is 7.91. The fourth-order valence-electron chi connectivity index (χ4n) is 1.78. The van der Waals surface area contributed by atoms with Crippen LogP contribution in [0.3, 0.4) is 0 Å². The largest absolute Gasteiger partial charge is 0.497 e. The molecule has 2 heterocycles. The van der Waals surface area contributed by atoms with Gasteiger partial charge in [-0.15, -0.1) is 10.2 Å². The molecule has 3 rings (SSSR count). The first kappa shape index (κ1) is 10.5. The number of hydrogen-bond donors (Lipinski definition) is 1. The third kappa shape index (κ3) is 1.55. The SMILES string of the molecule is COc1ccc(-c2nnc3c(=O)[nH]ccn23)cc1. The number of H-pyrrole nitrogens is 1. The van der Waals surface area contributed by atoms with Gasteiger partial charge in [0.05, 0.1) is 7.11 Å². The fraction of sp³-hybridized carbons (Fsp3) is 0.0833. The van der Waals surface area contributed by atoms with E-state index in [0.29, 0.717) is 5.82 Å². The van der Waals surface area contributed by atoms with Crippen molar-refractivity contribution in [3.8, 4) is 17.1 Å². The van der Waals surface area contributed by atoms with E-state index in [2.05, 4.69) is 15.2 Å². The van der Waals surface area contributed by atoms with Gasteiger partial charge in [0, 0.05) is 18.0 Å². The molecule has 0 unspecified atom stereocenters. The highest BCUT2D eigenvalue weighted by Gasteiger charge is 2.09. The molecule has 0 bridgehead atoms. The van der Waals surface area contributed by atoms with Gasteiger partial charge in [0.2, 0.25) is 5.65 Å². The molecule has 0 aliphatic heterocycles. The van der Waals surface area contributed by atoms with Gasteiger partial charge < -0.3 is 9.72 Å². The molecule has 3 aromatic rings. The summed E-state index contributed by atoms with van der Waals surface area (Å²) in [7, 11) is 1.61. The van der Waals surface area contributed by atoms with Gasteiger partial charge in [-0.05, 0) is 24.3 Å². The van der Waals surface area contributed by atoms with Crippen LogP contribution in [0.15, 0.2) is 41.5 Å². The number of methoxy groups -OCH3 is 1. The molecule has 1 N–H and O–H groups in total. The van der Waals surface area contributed by atoms with Crippen molar-refractivity contribution in [3.63, 3.8) is 0 Å². The number of ether oxygens (including phenoxy) is 1. The molecule has 0 radical (unpaired) electrons. The molecule has 0 fully saturated rings. The van der Waals surface area contributed by atoms with Gasteiger partial charge in [0.1, 0.15) is 5.75 Å². The predicted molar refractivity (Wildman–Crippen MR) is 65.6 cm³/mol. The number of hydrogen-bond acceptors (Lipinski definition) is 4. The van der Waals surface area contributed by atoms with Gasteiger partial charge >= 0.3 is 0 Å². The summed E-state index contributed by atoms with van der Waals surface area (Å²) in [6.07, 6.45) is 3.28. The molecule has 0 saturated carbocycles. The van der Waals surface area contributed by atoms with Crippen LogP contribution in [-0.2, 0) is 0 Å². The zero-order chi connectivity index (χ0) is 12.5. The quantitative estimate of drug-likeness (QED) is 0.730. The highest BCUT2D eigenvalue weighted by atomic mass is 16.5. The van der Waals surface area contributed by atoms with E-state index in [9.17, 15) is 4.79 Å². The standard InChI is InChI=1S/C12H10N4O2/c1-18-9-4-2-8(3-5-9)10-14-15-11-12(17)13-6-7-16(10)11/h2-7H,1H3,(H,13,17). The number of fused-ring (bicyclic) bond motifs is 1. The van der Waals surface area contributed by atoms with Gasteiger partial charge in [0.25, 0.3) is 5.56 Å². The van der Waals surface area contributed by atoms with Crippen LogP contribution in [0.1, 0.15) is 0 Å². The maximum absolute atomic E-state index is 11.5. The number of benzene rings is 1. The minimum Gasteiger partial charge on any atom is -0.497 e.